The molecule has 0 radical (unpaired) electrons. The first kappa shape index (κ1) is 15.7. The average molecular weight is 338 g/mol. The van der Waals surface area contributed by atoms with Gasteiger partial charge in [0.05, 0.1) is 0 Å². The molecule has 0 aromatic rings. The lowest BCUT2D eigenvalue weighted by atomic mass is 9.94. The first-order chi connectivity index (χ1) is 11.7. The Labute approximate surface area is 142 Å². The minimum Gasteiger partial charge on any atom is -0.341 e. The minimum atomic E-state index is -0.639. The summed E-state index contributed by atoms with van der Waals surface area (Å²) >= 11 is 0. The molecule has 0 N–H and O–H groups in total. The SMILES string of the molecule is O=C[C@H]1O[C@@H]2OC3(CCCCC3)O[C@@H]2[C@H]2OC3(CCCCC3)O[C@H]21. The standard InChI is InChI=1S/C18H26O6/c19-11-12-13-14(22-17(21-13)7-3-1-4-8-17)15-16(20-12)24-18(23-15)9-5-2-6-10-18/h11-16H,1-10H2/t12-,13+,14+,15-,16-/m1/s1. The van der Waals surface area contributed by atoms with Gasteiger partial charge < -0.3 is 28.5 Å². The number of rotatable bonds is 1. The third-order valence-corrected chi connectivity index (χ3v) is 6.28. The van der Waals surface area contributed by atoms with Gasteiger partial charge in [-0.15, -0.1) is 0 Å². The van der Waals surface area contributed by atoms with Gasteiger partial charge >= 0.3 is 0 Å². The minimum absolute atomic E-state index is 0.279. The Bertz CT molecular complexity index is 496. The van der Waals surface area contributed by atoms with Crippen LogP contribution in [0.25, 0.3) is 0 Å². The van der Waals surface area contributed by atoms with Gasteiger partial charge in [-0.25, -0.2) is 0 Å². The second kappa shape index (κ2) is 5.74. The Hall–Kier alpha value is -0.530. The zero-order valence-corrected chi connectivity index (χ0v) is 14.0. The first-order valence-electron chi connectivity index (χ1n) is 9.55. The molecule has 3 aliphatic heterocycles. The summed E-state index contributed by atoms with van der Waals surface area (Å²) in [5.74, 6) is -1.11. The average Bonchev–Trinajstić information content (AvgIpc) is 3.14. The molecule has 6 nitrogen and oxygen atoms in total. The van der Waals surface area contributed by atoms with Gasteiger partial charge in [-0.2, -0.15) is 0 Å². The van der Waals surface area contributed by atoms with Crippen LogP contribution in [0.15, 0.2) is 0 Å². The molecule has 2 saturated carbocycles. The smallest absolute Gasteiger partial charge is 0.190 e. The van der Waals surface area contributed by atoms with Crippen LogP contribution in [-0.4, -0.2) is 48.6 Å². The van der Waals surface area contributed by atoms with Crippen LogP contribution < -0.4 is 0 Å². The van der Waals surface area contributed by atoms with Crippen LogP contribution in [0.5, 0.6) is 0 Å². The Morgan fingerprint density at radius 3 is 1.83 bits per heavy atom. The second-order valence-corrected chi connectivity index (χ2v) is 7.91. The van der Waals surface area contributed by atoms with Gasteiger partial charge in [0.2, 0.25) is 0 Å². The van der Waals surface area contributed by atoms with Gasteiger partial charge in [-0.1, -0.05) is 12.8 Å². The summed E-state index contributed by atoms with van der Waals surface area (Å²) in [6, 6.07) is 0. The van der Waals surface area contributed by atoms with Crippen molar-refractivity contribution in [2.75, 3.05) is 0 Å². The van der Waals surface area contributed by atoms with E-state index in [0.717, 1.165) is 57.7 Å². The van der Waals surface area contributed by atoms with Crippen LogP contribution in [0.3, 0.4) is 0 Å². The topological polar surface area (TPSA) is 63.2 Å². The molecule has 5 rings (SSSR count). The highest BCUT2D eigenvalue weighted by atomic mass is 16.9. The third kappa shape index (κ3) is 2.38. The van der Waals surface area contributed by atoms with Crippen LogP contribution >= 0.6 is 0 Å². The molecular formula is C18H26O6. The van der Waals surface area contributed by atoms with E-state index in [2.05, 4.69) is 0 Å². The Morgan fingerprint density at radius 2 is 1.21 bits per heavy atom. The zero-order chi connectivity index (χ0) is 16.2. The van der Waals surface area contributed by atoms with E-state index in [-0.39, 0.29) is 18.3 Å². The lowest BCUT2D eigenvalue weighted by Gasteiger charge is -2.34. The second-order valence-electron chi connectivity index (χ2n) is 7.91. The fourth-order valence-electron chi connectivity index (χ4n) is 5.10. The molecule has 5 aliphatic rings. The number of aldehydes is 1. The van der Waals surface area contributed by atoms with Crippen LogP contribution in [0.4, 0.5) is 0 Å². The largest absolute Gasteiger partial charge is 0.341 e. The van der Waals surface area contributed by atoms with Gasteiger partial charge in [0, 0.05) is 25.7 Å². The molecule has 6 heteroatoms. The van der Waals surface area contributed by atoms with E-state index >= 15 is 0 Å². The van der Waals surface area contributed by atoms with E-state index < -0.39 is 24.0 Å². The van der Waals surface area contributed by atoms with Crippen molar-refractivity contribution in [3.63, 3.8) is 0 Å². The van der Waals surface area contributed by atoms with Crippen LogP contribution in [0, 0.1) is 0 Å². The molecule has 3 saturated heterocycles. The quantitative estimate of drug-likeness (QED) is 0.684. The molecular weight excluding hydrogens is 312 g/mol. The number of ether oxygens (including phenoxy) is 5. The van der Waals surface area contributed by atoms with E-state index in [1.54, 1.807) is 0 Å². The number of carbonyl (C=O) groups is 1. The molecule has 24 heavy (non-hydrogen) atoms. The van der Waals surface area contributed by atoms with E-state index in [9.17, 15) is 4.79 Å². The Balaban J connectivity index is 1.41. The predicted octanol–water partition coefficient (Wildman–Crippen LogP) is 2.43. The summed E-state index contributed by atoms with van der Waals surface area (Å²) in [6.45, 7) is 0. The first-order valence-corrected chi connectivity index (χ1v) is 9.55. The Morgan fingerprint density at radius 1 is 0.667 bits per heavy atom. The summed E-state index contributed by atoms with van der Waals surface area (Å²) in [6.07, 6.45) is 9.08. The molecule has 5 atom stereocenters. The number of carbonyl (C=O) groups excluding carboxylic acids is 1. The summed E-state index contributed by atoms with van der Waals surface area (Å²) in [5, 5.41) is 0. The summed E-state index contributed by atoms with van der Waals surface area (Å²) in [5.41, 5.74) is 0. The van der Waals surface area contributed by atoms with Crippen molar-refractivity contribution >= 4 is 6.29 Å². The number of hydrogen-bond acceptors (Lipinski definition) is 6. The highest BCUT2D eigenvalue weighted by molar-refractivity contribution is 5.58. The molecule has 0 amide bonds. The highest BCUT2D eigenvalue weighted by Gasteiger charge is 2.63. The number of fused-ring (bicyclic) bond motifs is 3. The van der Waals surface area contributed by atoms with Gasteiger partial charge in [0.25, 0.3) is 0 Å². The van der Waals surface area contributed by atoms with Crippen molar-refractivity contribution in [2.24, 2.45) is 0 Å². The maximum atomic E-state index is 11.6. The van der Waals surface area contributed by atoms with Crippen molar-refractivity contribution in [1.29, 1.82) is 0 Å². The van der Waals surface area contributed by atoms with Crippen molar-refractivity contribution in [3.8, 4) is 0 Å². The van der Waals surface area contributed by atoms with E-state index in [0.29, 0.717) is 0 Å². The van der Waals surface area contributed by atoms with Crippen molar-refractivity contribution in [2.45, 2.75) is 106 Å². The highest BCUT2D eigenvalue weighted by Crippen LogP contribution is 2.50. The van der Waals surface area contributed by atoms with Crippen LogP contribution in [0.2, 0.25) is 0 Å². The molecule has 5 fully saturated rings. The van der Waals surface area contributed by atoms with Crippen molar-refractivity contribution in [3.05, 3.63) is 0 Å². The van der Waals surface area contributed by atoms with Gasteiger partial charge in [-0.3, -0.25) is 0 Å². The van der Waals surface area contributed by atoms with E-state index in [4.69, 9.17) is 23.7 Å². The summed E-state index contributed by atoms with van der Waals surface area (Å²) in [7, 11) is 0. The fraction of sp³-hybridized carbons (Fsp3) is 0.944. The summed E-state index contributed by atoms with van der Waals surface area (Å²) < 4.78 is 31.1. The lowest BCUT2D eigenvalue weighted by Crippen LogP contribution is -2.55. The Kier molecular flexibility index (Phi) is 3.76. The zero-order valence-electron chi connectivity index (χ0n) is 14.0. The molecule has 134 valence electrons. The predicted molar refractivity (Wildman–Crippen MR) is 82.1 cm³/mol. The molecule has 0 aromatic heterocycles. The monoisotopic (exact) mass is 338 g/mol. The third-order valence-electron chi connectivity index (χ3n) is 6.28. The molecule has 0 bridgehead atoms. The van der Waals surface area contributed by atoms with Crippen LogP contribution in [-0.2, 0) is 28.5 Å². The van der Waals surface area contributed by atoms with E-state index in [1.807, 2.05) is 0 Å². The van der Waals surface area contributed by atoms with Gasteiger partial charge in [0.1, 0.15) is 24.4 Å². The molecule has 3 heterocycles. The maximum absolute atomic E-state index is 11.6. The van der Waals surface area contributed by atoms with E-state index in [1.165, 1.54) is 12.8 Å². The molecule has 0 unspecified atom stereocenters. The van der Waals surface area contributed by atoms with Crippen molar-refractivity contribution < 1.29 is 28.5 Å². The van der Waals surface area contributed by atoms with Gasteiger partial charge in [0.15, 0.2) is 24.2 Å². The maximum Gasteiger partial charge on any atom is 0.190 e. The van der Waals surface area contributed by atoms with Gasteiger partial charge in [-0.05, 0) is 25.7 Å². The summed E-state index contributed by atoms with van der Waals surface area (Å²) in [4.78, 5) is 11.6. The van der Waals surface area contributed by atoms with Crippen LogP contribution in [0.1, 0.15) is 64.2 Å². The normalized spacial score (nSPS) is 45.9. The molecule has 0 aromatic carbocycles. The molecule has 2 spiro atoms. The van der Waals surface area contributed by atoms with Crippen molar-refractivity contribution in [1.82, 2.24) is 0 Å². The number of hydrogen-bond donors (Lipinski definition) is 0. The lowest BCUT2D eigenvalue weighted by molar-refractivity contribution is -0.245. The molecule has 2 aliphatic carbocycles. The fourth-order valence-corrected chi connectivity index (χ4v) is 5.10.